The van der Waals surface area contributed by atoms with Gasteiger partial charge in [-0.3, -0.25) is 4.79 Å². The molecule has 96 valence electrons. The zero-order chi connectivity index (χ0) is 12.8. The fourth-order valence-electron chi connectivity index (χ4n) is 1.36. The van der Waals surface area contributed by atoms with Gasteiger partial charge >= 0.3 is 5.97 Å². The second-order valence-electron chi connectivity index (χ2n) is 3.77. The smallest absolute Gasteiger partial charge is 0.322 e. The van der Waals surface area contributed by atoms with Crippen LogP contribution in [0.2, 0.25) is 0 Å². The zero-order valence-electron chi connectivity index (χ0n) is 10.4. The van der Waals surface area contributed by atoms with E-state index in [1.54, 1.807) is 11.8 Å². The number of nitrogens with zero attached hydrogens (tertiary/aromatic N) is 1. The van der Waals surface area contributed by atoms with Gasteiger partial charge in [-0.2, -0.15) is 11.8 Å². The van der Waals surface area contributed by atoms with Gasteiger partial charge in [0.05, 0.1) is 12.8 Å². The van der Waals surface area contributed by atoms with Crippen molar-refractivity contribution >= 4 is 17.7 Å². The summed E-state index contributed by atoms with van der Waals surface area (Å²) < 4.78 is 9.62. The number of carbonyl (C=O) groups is 1. The first-order valence-corrected chi connectivity index (χ1v) is 6.54. The van der Waals surface area contributed by atoms with Crippen molar-refractivity contribution in [3.8, 4) is 0 Å². The fraction of sp³-hybridized carbons (Fsp3) is 0.636. The molecule has 1 aromatic heterocycles. The SMILES string of the molecule is COC(=O)C(N)CCSCc1c(C)noc1C. The summed E-state index contributed by atoms with van der Waals surface area (Å²) in [5, 5.41) is 3.88. The number of ether oxygens (including phenoxy) is 1. The van der Waals surface area contributed by atoms with Crippen molar-refractivity contribution in [1.82, 2.24) is 5.16 Å². The Balaban J connectivity index is 2.27. The van der Waals surface area contributed by atoms with Crippen molar-refractivity contribution < 1.29 is 14.1 Å². The van der Waals surface area contributed by atoms with Crippen LogP contribution in [-0.4, -0.2) is 30.0 Å². The number of hydrogen-bond acceptors (Lipinski definition) is 6. The standard InChI is InChI=1S/C11H18N2O3S/c1-7-9(8(2)16-13-7)6-17-5-4-10(12)11(14)15-3/h10H,4-6,12H2,1-3H3. The lowest BCUT2D eigenvalue weighted by molar-refractivity contribution is -0.142. The van der Waals surface area contributed by atoms with E-state index in [2.05, 4.69) is 9.89 Å². The molecule has 1 atom stereocenters. The molecule has 0 saturated heterocycles. The number of thioether (sulfide) groups is 1. The average Bonchev–Trinajstić information content (AvgIpc) is 2.64. The van der Waals surface area contributed by atoms with E-state index in [1.165, 1.54) is 7.11 Å². The lowest BCUT2D eigenvalue weighted by Gasteiger charge is -2.08. The zero-order valence-corrected chi connectivity index (χ0v) is 11.2. The molecular formula is C11H18N2O3S. The molecule has 0 aliphatic heterocycles. The third-order valence-electron chi connectivity index (χ3n) is 2.50. The predicted octanol–water partition coefficient (Wildman–Crippen LogP) is 1.42. The minimum absolute atomic E-state index is 0.358. The van der Waals surface area contributed by atoms with Crippen LogP contribution >= 0.6 is 11.8 Å². The van der Waals surface area contributed by atoms with Gasteiger partial charge < -0.3 is 15.0 Å². The quantitative estimate of drug-likeness (QED) is 0.614. The van der Waals surface area contributed by atoms with Crippen molar-refractivity contribution in [2.75, 3.05) is 12.9 Å². The molecule has 0 amide bonds. The van der Waals surface area contributed by atoms with Crippen LogP contribution in [0.4, 0.5) is 0 Å². The minimum Gasteiger partial charge on any atom is -0.468 e. The van der Waals surface area contributed by atoms with E-state index in [0.717, 1.165) is 28.5 Å². The number of rotatable bonds is 6. The van der Waals surface area contributed by atoms with Crippen molar-refractivity contribution in [1.29, 1.82) is 0 Å². The monoisotopic (exact) mass is 258 g/mol. The van der Waals surface area contributed by atoms with E-state index >= 15 is 0 Å². The molecule has 0 aliphatic carbocycles. The Morgan fingerprint density at radius 3 is 2.82 bits per heavy atom. The van der Waals surface area contributed by atoms with E-state index in [4.69, 9.17) is 10.3 Å². The topological polar surface area (TPSA) is 78.4 Å². The predicted molar refractivity (Wildman–Crippen MR) is 66.7 cm³/mol. The van der Waals surface area contributed by atoms with Crippen LogP contribution in [0.25, 0.3) is 0 Å². The highest BCUT2D eigenvalue weighted by molar-refractivity contribution is 7.98. The minimum atomic E-state index is -0.530. The number of methoxy groups -OCH3 is 1. The molecule has 0 aromatic carbocycles. The molecule has 1 heterocycles. The van der Waals surface area contributed by atoms with Crippen LogP contribution < -0.4 is 5.73 Å². The highest BCUT2D eigenvalue weighted by atomic mass is 32.2. The van der Waals surface area contributed by atoms with Gasteiger partial charge in [-0.15, -0.1) is 0 Å². The number of aryl methyl sites for hydroxylation is 2. The first kappa shape index (κ1) is 14.1. The molecule has 0 aliphatic rings. The van der Waals surface area contributed by atoms with Crippen molar-refractivity contribution in [2.45, 2.75) is 32.1 Å². The molecule has 1 unspecified atom stereocenters. The number of nitrogens with two attached hydrogens (primary N) is 1. The lowest BCUT2D eigenvalue weighted by Crippen LogP contribution is -2.31. The molecule has 0 spiro atoms. The van der Waals surface area contributed by atoms with E-state index in [1.807, 2.05) is 13.8 Å². The summed E-state index contributed by atoms with van der Waals surface area (Å²) in [6.45, 7) is 3.82. The van der Waals surface area contributed by atoms with Gasteiger partial charge in [-0.1, -0.05) is 5.16 Å². The van der Waals surface area contributed by atoms with Gasteiger partial charge in [0.1, 0.15) is 11.8 Å². The normalized spacial score (nSPS) is 12.5. The van der Waals surface area contributed by atoms with Gasteiger partial charge in [-0.25, -0.2) is 0 Å². The first-order valence-electron chi connectivity index (χ1n) is 5.39. The van der Waals surface area contributed by atoms with E-state index in [-0.39, 0.29) is 5.97 Å². The summed E-state index contributed by atoms with van der Waals surface area (Å²) in [5.41, 5.74) is 7.68. The summed E-state index contributed by atoms with van der Waals surface area (Å²) in [4.78, 5) is 11.1. The van der Waals surface area contributed by atoms with Crippen LogP contribution in [0.1, 0.15) is 23.4 Å². The van der Waals surface area contributed by atoms with Gasteiger partial charge in [0.15, 0.2) is 0 Å². The Labute approximate surface area is 105 Å². The van der Waals surface area contributed by atoms with Gasteiger partial charge in [0, 0.05) is 11.3 Å². The summed E-state index contributed by atoms with van der Waals surface area (Å²) in [6, 6.07) is -0.530. The molecule has 6 heteroatoms. The fourth-order valence-corrected chi connectivity index (χ4v) is 2.54. The molecule has 17 heavy (non-hydrogen) atoms. The summed E-state index contributed by atoms with van der Waals surface area (Å²) >= 11 is 1.71. The van der Waals surface area contributed by atoms with Crippen molar-refractivity contribution in [2.24, 2.45) is 5.73 Å². The highest BCUT2D eigenvalue weighted by Gasteiger charge is 2.13. The third kappa shape index (κ3) is 4.05. The number of aromatic nitrogens is 1. The lowest BCUT2D eigenvalue weighted by atomic mass is 10.2. The molecule has 0 saturated carbocycles. The molecule has 0 bridgehead atoms. The highest BCUT2D eigenvalue weighted by Crippen LogP contribution is 2.20. The number of carbonyl (C=O) groups excluding carboxylic acids is 1. The number of esters is 1. The van der Waals surface area contributed by atoms with E-state index in [9.17, 15) is 4.79 Å². The Hall–Kier alpha value is -1.01. The molecule has 1 aromatic rings. The second-order valence-corrected chi connectivity index (χ2v) is 4.88. The Morgan fingerprint density at radius 2 is 2.29 bits per heavy atom. The van der Waals surface area contributed by atoms with E-state index in [0.29, 0.717) is 6.42 Å². The maximum Gasteiger partial charge on any atom is 0.322 e. The Morgan fingerprint density at radius 1 is 1.59 bits per heavy atom. The van der Waals surface area contributed by atoms with Crippen LogP contribution in [-0.2, 0) is 15.3 Å². The maximum atomic E-state index is 11.1. The summed E-state index contributed by atoms with van der Waals surface area (Å²) in [5.74, 6) is 2.13. The van der Waals surface area contributed by atoms with E-state index < -0.39 is 6.04 Å². The molecule has 2 N–H and O–H groups in total. The van der Waals surface area contributed by atoms with Crippen LogP contribution in [0.3, 0.4) is 0 Å². The second kappa shape index (κ2) is 6.66. The van der Waals surface area contributed by atoms with Gasteiger partial charge in [-0.05, 0) is 26.0 Å². The third-order valence-corrected chi connectivity index (χ3v) is 3.52. The summed E-state index contributed by atoms with van der Waals surface area (Å²) in [7, 11) is 1.35. The van der Waals surface area contributed by atoms with Crippen molar-refractivity contribution in [3.63, 3.8) is 0 Å². The Kier molecular flexibility index (Phi) is 5.50. The average molecular weight is 258 g/mol. The first-order chi connectivity index (χ1) is 8.06. The molecule has 0 fully saturated rings. The largest absolute Gasteiger partial charge is 0.468 e. The molecule has 0 radical (unpaired) electrons. The molecule has 1 rings (SSSR count). The van der Waals surface area contributed by atoms with Gasteiger partial charge in [0.2, 0.25) is 0 Å². The number of hydrogen-bond donors (Lipinski definition) is 1. The van der Waals surface area contributed by atoms with Crippen molar-refractivity contribution in [3.05, 3.63) is 17.0 Å². The van der Waals surface area contributed by atoms with Crippen LogP contribution in [0.15, 0.2) is 4.52 Å². The van der Waals surface area contributed by atoms with Crippen LogP contribution in [0, 0.1) is 13.8 Å². The molecule has 5 nitrogen and oxygen atoms in total. The van der Waals surface area contributed by atoms with Gasteiger partial charge in [0.25, 0.3) is 0 Å². The molecular weight excluding hydrogens is 240 g/mol. The Bertz CT molecular complexity index is 359. The summed E-state index contributed by atoms with van der Waals surface area (Å²) in [6.07, 6.45) is 0.612. The van der Waals surface area contributed by atoms with Crippen LogP contribution in [0.5, 0.6) is 0 Å². The maximum absolute atomic E-state index is 11.1.